The Morgan fingerprint density at radius 3 is 1.15 bits per heavy atom. The minimum absolute atomic E-state index is 0. The van der Waals surface area contributed by atoms with Crippen molar-refractivity contribution in [3.63, 3.8) is 0 Å². The van der Waals surface area contributed by atoms with Crippen LogP contribution in [-0.4, -0.2) is 56.2 Å². The summed E-state index contributed by atoms with van der Waals surface area (Å²) >= 11 is 0. The molecule has 2 aromatic carbocycles. The normalized spacial score (nSPS) is 10.8. The van der Waals surface area contributed by atoms with Crippen molar-refractivity contribution in [2.45, 2.75) is 123 Å². The second kappa shape index (κ2) is 30.9. The quantitative estimate of drug-likeness (QED) is 0.0693. The van der Waals surface area contributed by atoms with Crippen LogP contribution in [0.5, 0.6) is 0 Å². The molecule has 47 heavy (non-hydrogen) atoms. The molecule has 268 valence electrons. The van der Waals surface area contributed by atoms with Crippen LogP contribution in [-0.2, 0) is 17.9 Å². The maximum absolute atomic E-state index is 10.2. The van der Waals surface area contributed by atoms with E-state index >= 15 is 0 Å². The molecule has 0 amide bonds. The smallest absolute Gasteiger partial charge is 0.104 e. The van der Waals surface area contributed by atoms with Crippen LogP contribution in [0, 0.1) is 0 Å². The van der Waals surface area contributed by atoms with Crippen LogP contribution in [0.3, 0.4) is 0 Å². The van der Waals surface area contributed by atoms with Crippen LogP contribution in [0.15, 0.2) is 86.0 Å². The second-order valence-electron chi connectivity index (χ2n) is 14.2. The highest BCUT2D eigenvalue weighted by Crippen LogP contribution is 2.14. The van der Waals surface area contributed by atoms with Gasteiger partial charge in [-0.3, -0.25) is 0 Å². The van der Waals surface area contributed by atoms with E-state index < -0.39 is 5.97 Å². The summed E-state index contributed by atoms with van der Waals surface area (Å²) in [5.41, 5.74) is 2.77. The molecule has 5 heteroatoms. The lowest BCUT2D eigenvalue weighted by Gasteiger charge is -2.28. The molecule has 0 unspecified atom stereocenters. The van der Waals surface area contributed by atoms with Gasteiger partial charge >= 0.3 is 0 Å². The van der Waals surface area contributed by atoms with E-state index in [0.29, 0.717) is 0 Å². The fourth-order valence-electron chi connectivity index (χ4n) is 5.62. The van der Waals surface area contributed by atoms with Gasteiger partial charge in [-0.1, -0.05) is 171 Å². The highest BCUT2D eigenvalue weighted by Gasteiger charge is 2.13. The van der Waals surface area contributed by atoms with E-state index in [1.54, 1.807) is 0 Å². The number of nitrogens with zero attached hydrogens (tertiary/aromatic N) is 2. The van der Waals surface area contributed by atoms with Crippen LogP contribution in [0.4, 0.5) is 0 Å². The molecule has 0 atom stereocenters. The van der Waals surface area contributed by atoms with Gasteiger partial charge < -0.3 is 31.3 Å². The van der Waals surface area contributed by atoms with Crippen molar-refractivity contribution in [1.82, 2.24) is 0 Å². The topological polar surface area (TPSA) is 40.1 Å². The zero-order valence-corrected chi connectivity index (χ0v) is 31.8. The molecule has 0 aliphatic rings. The highest BCUT2D eigenvalue weighted by molar-refractivity contribution is 5.64. The Hall–Kier alpha value is -2.40. The molecule has 0 aliphatic heterocycles. The Morgan fingerprint density at radius 2 is 0.872 bits per heavy atom. The average Bonchev–Trinajstić information content (AvgIpc) is 3.00. The number of hydrogen-bond donors (Lipinski definition) is 0. The first-order valence-corrected chi connectivity index (χ1v) is 18.2. The average molecular weight is 671 g/mol. The molecule has 0 heterocycles. The lowest BCUT2D eigenvalue weighted by molar-refractivity contribution is -0.897. The molecule has 2 rings (SSSR count). The number of carboxylic acids is 1. The van der Waals surface area contributed by atoms with Gasteiger partial charge in [-0.05, 0) is 25.0 Å². The zero-order chi connectivity index (χ0) is 34.4. The first-order valence-electron chi connectivity index (χ1n) is 18.2. The molecule has 0 N–H and O–H groups in total. The summed E-state index contributed by atoms with van der Waals surface area (Å²) in [5, 5.41) is 10.2. The van der Waals surface area contributed by atoms with Crippen molar-refractivity contribution < 1.29 is 31.3 Å². The number of quaternary nitrogens is 2. The molecule has 2 aromatic rings. The minimum atomic E-state index is -0.903. The van der Waals surface area contributed by atoms with Crippen molar-refractivity contribution in [2.75, 3.05) is 41.3 Å². The monoisotopic (exact) mass is 671 g/mol. The van der Waals surface area contributed by atoms with Gasteiger partial charge in [-0.2, -0.15) is 0 Å². The third-order valence-corrected chi connectivity index (χ3v) is 8.14. The van der Waals surface area contributed by atoms with Gasteiger partial charge in [0.25, 0.3) is 0 Å². The number of unbranched alkanes of at least 4 members (excludes halogenated alkanes) is 14. The van der Waals surface area contributed by atoms with Crippen molar-refractivity contribution in [1.29, 1.82) is 0 Å². The molecule has 4 nitrogen and oxygen atoms in total. The Labute approximate surface area is 297 Å². The molecule has 0 fully saturated rings. The van der Waals surface area contributed by atoms with E-state index in [4.69, 9.17) is 0 Å². The number of carbonyl (C=O) groups excluding carboxylic acids is 1. The molecular formula is C42H71ClN2O2. The van der Waals surface area contributed by atoms with E-state index in [1.807, 2.05) is 12.2 Å². The van der Waals surface area contributed by atoms with Gasteiger partial charge in [-0.15, -0.1) is 0 Å². The van der Waals surface area contributed by atoms with Crippen molar-refractivity contribution >= 4 is 5.97 Å². The number of carbonyl (C=O) groups is 1. The van der Waals surface area contributed by atoms with Gasteiger partial charge in [0.2, 0.25) is 0 Å². The summed E-state index contributed by atoms with van der Waals surface area (Å²) < 4.78 is 1.93. The van der Waals surface area contributed by atoms with Crippen LogP contribution in [0.25, 0.3) is 0 Å². The van der Waals surface area contributed by atoms with E-state index in [9.17, 15) is 9.90 Å². The standard InChI is InChI=1S/C18H36O2.2C12H18N.ClH/c1-2-3-4-5-6-7-8-9-10-11-12-13-14-15-16-17-18(19)20;2*1-4-10-13(2,3)11-12-8-6-5-7-9-12;/h2-17H2,1H3,(H,19,20);2*4-9H,1,10-11H2,2-3H3;1H/q;2*+1;/p-2. The van der Waals surface area contributed by atoms with Gasteiger partial charge in [-0.25, -0.2) is 0 Å². The Balaban J connectivity index is 0. The summed E-state index contributed by atoms with van der Waals surface area (Å²) in [6.07, 6.45) is 23.8. The van der Waals surface area contributed by atoms with Crippen LogP contribution in [0.1, 0.15) is 121 Å². The summed E-state index contributed by atoms with van der Waals surface area (Å²) in [6.45, 7) is 14.0. The Bertz CT molecular complexity index is 933. The number of carboxylic acid groups (broad SMARTS) is 1. The van der Waals surface area contributed by atoms with Gasteiger partial charge in [0, 0.05) is 17.1 Å². The van der Waals surface area contributed by atoms with E-state index in [-0.39, 0.29) is 18.8 Å². The Kier molecular flexibility index (Phi) is 30.7. The number of aliphatic carboxylic acids is 1. The zero-order valence-electron chi connectivity index (χ0n) is 31.1. The van der Waals surface area contributed by atoms with Crippen molar-refractivity contribution in [3.8, 4) is 0 Å². The molecule has 0 aliphatic carbocycles. The molecular weight excluding hydrogens is 600 g/mol. The molecule has 0 aromatic heterocycles. The molecule has 0 saturated heterocycles. The summed E-state index contributed by atoms with van der Waals surface area (Å²) in [6, 6.07) is 21.1. The molecule has 0 saturated carbocycles. The predicted molar refractivity (Wildman–Crippen MR) is 199 cm³/mol. The lowest BCUT2D eigenvalue weighted by atomic mass is 10.0. The van der Waals surface area contributed by atoms with Gasteiger partial charge in [0.15, 0.2) is 0 Å². The number of benzene rings is 2. The maximum atomic E-state index is 10.2. The number of likely N-dealkylation sites (N-methyl/N-ethyl adjacent to an activating group) is 2. The molecule has 0 radical (unpaired) electrons. The first kappa shape index (κ1) is 46.7. The highest BCUT2D eigenvalue weighted by atomic mass is 35.5. The van der Waals surface area contributed by atoms with Crippen LogP contribution in [0.2, 0.25) is 0 Å². The summed E-state index contributed by atoms with van der Waals surface area (Å²) in [4.78, 5) is 10.2. The third kappa shape index (κ3) is 31.9. The largest absolute Gasteiger partial charge is 1.00 e. The van der Waals surface area contributed by atoms with Crippen LogP contribution >= 0.6 is 0 Å². The SMILES string of the molecule is C=CC[N+](C)(C)Cc1ccccc1.C=CC[N+](C)(C)Cc1ccccc1.CCCCCCCCCCCCCCCCCC(=O)[O-].[Cl-]. The fraction of sp³-hybridized carbons (Fsp3) is 0.595. The van der Waals surface area contributed by atoms with Crippen LogP contribution < -0.4 is 17.5 Å². The Morgan fingerprint density at radius 1 is 0.574 bits per heavy atom. The first-order chi connectivity index (χ1) is 22.0. The number of halogens is 1. The van der Waals surface area contributed by atoms with Gasteiger partial charge in [0.05, 0.1) is 41.3 Å². The number of hydrogen-bond acceptors (Lipinski definition) is 2. The maximum Gasteiger partial charge on any atom is 0.104 e. The lowest BCUT2D eigenvalue weighted by Crippen LogP contribution is -3.00. The second-order valence-corrected chi connectivity index (χ2v) is 14.2. The number of rotatable bonds is 24. The van der Waals surface area contributed by atoms with E-state index in [2.05, 4.69) is 109 Å². The minimum Gasteiger partial charge on any atom is -1.00 e. The van der Waals surface area contributed by atoms with E-state index in [1.165, 1.54) is 94.6 Å². The van der Waals surface area contributed by atoms with E-state index in [0.717, 1.165) is 48.0 Å². The fourth-order valence-corrected chi connectivity index (χ4v) is 5.62. The van der Waals surface area contributed by atoms with Crippen molar-refractivity contribution in [3.05, 3.63) is 97.1 Å². The third-order valence-electron chi connectivity index (χ3n) is 8.14. The summed E-state index contributed by atoms with van der Waals surface area (Å²) in [5.74, 6) is -0.903. The van der Waals surface area contributed by atoms with Crippen molar-refractivity contribution in [2.24, 2.45) is 0 Å². The predicted octanol–water partition coefficient (Wildman–Crippen LogP) is 6.90. The summed E-state index contributed by atoms with van der Waals surface area (Å²) in [7, 11) is 8.87. The molecule has 0 bridgehead atoms. The molecule has 0 spiro atoms. The van der Waals surface area contributed by atoms with Gasteiger partial charge in [0.1, 0.15) is 13.1 Å².